The van der Waals surface area contributed by atoms with Gasteiger partial charge in [0, 0.05) is 12.6 Å². The van der Waals surface area contributed by atoms with Crippen LogP contribution in [-0.2, 0) is 11.4 Å². The predicted molar refractivity (Wildman–Crippen MR) is 109 cm³/mol. The lowest BCUT2D eigenvalue weighted by Gasteiger charge is -2.12. The quantitative estimate of drug-likeness (QED) is 0.563. The van der Waals surface area contributed by atoms with Crippen molar-refractivity contribution in [3.05, 3.63) is 64.1 Å². The summed E-state index contributed by atoms with van der Waals surface area (Å²) in [5.74, 6) is 0.994. The fourth-order valence-corrected chi connectivity index (χ4v) is 3.68. The molecule has 1 heterocycles. The van der Waals surface area contributed by atoms with E-state index in [0.29, 0.717) is 26.3 Å². The molecule has 1 aliphatic heterocycles. The largest absolute Gasteiger partial charge is 0.493 e. The topological polar surface area (TPSA) is 62.6 Å². The van der Waals surface area contributed by atoms with Gasteiger partial charge in [0.1, 0.15) is 10.9 Å². The maximum absolute atomic E-state index is 12.1. The van der Waals surface area contributed by atoms with Crippen molar-refractivity contribution in [2.75, 3.05) is 14.2 Å². The monoisotopic (exact) mass is 396 g/mol. The van der Waals surface area contributed by atoms with Gasteiger partial charge in [0.25, 0.3) is 5.91 Å². The summed E-state index contributed by atoms with van der Waals surface area (Å²) in [6, 6.07) is 14.9. The molecule has 1 saturated heterocycles. The number of methoxy groups -OCH3 is 1. The normalized spacial score (nSPS) is 15.1. The maximum Gasteiger partial charge on any atom is 0.265 e. The summed E-state index contributed by atoms with van der Waals surface area (Å²) in [5.41, 5.74) is 2.19. The van der Waals surface area contributed by atoms with Crippen molar-refractivity contribution in [1.82, 2.24) is 4.90 Å². The number of rotatable bonds is 5. The predicted octanol–water partition coefficient (Wildman–Crippen LogP) is 3.98. The molecule has 0 atom stereocenters. The summed E-state index contributed by atoms with van der Waals surface area (Å²) in [5, 5.41) is 9.17. The molecule has 136 valence electrons. The number of thioether (sulfide) groups is 1. The van der Waals surface area contributed by atoms with Crippen molar-refractivity contribution >= 4 is 40.3 Å². The lowest BCUT2D eigenvalue weighted by atomic mass is 10.1. The SMILES string of the molecule is COc1cc(/C=C2/SC(=S)N(C)C2=O)ccc1OCc1ccccc1C#N. The van der Waals surface area contributed by atoms with Crippen LogP contribution in [0.15, 0.2) is 47.4 Å². The van der Waals surface area contributed by atoms with E-state index >= 15 is 0 Å². The van der Waals surface area contributed by atoms with Gasteiger partial charge in [-0.1, -0.05) is 48.2 Å². The third-order valence-electron chi connectivity index (χ3n) is 3.99. The van der Waals surface area contributed by atoms with Crippen LogP contribution in [0.25, 0.3) is 6.08 Å². The second kappa shape index (κ2) is 8.25. The van der Waals surface area contributed by atoms with Gasteiger partial charge >= 0.3 is 0 Å². The van der Waals surface area contributed by atoms with E-state index in [0.717, 1.165) is 11.1 Å². The first-order valence-corrected chi connectivity index (χ1v) is 9.26. The Morgan fingerprint density at radius 3 is 2.70 bits per heavy atom. The van der Waals surface area contributed by atoms with Crippen LogP contribution in [0.2, 0.25) is 0 Å². The van der Waals surface area contributed by atoms with Gasteiger partial charge in [-0.15, -0.1) is 0 Å². The van der Waals surface area contributed by atoms with Crippen LogP contribution in [0, 0.1) is 11.3 Å². The van der Waals surface area contributed by atoms with E-state index < -0.39 is 0 Å². The van der Waals surface area contributed by atoms with Gasteiger partial charge < -0.3 is 9.47 Å². The Labute approximate surface area is 167 Å². The Morgan fingerprint density at radius 2 is 2.04 bits per heavy atom. The number of thiocarbonyl (C=S) groups is 1. The molecule has 7 heteroatoms. The second-order valence-corrected chi connectivity index (χ2v) is 7.38. The van der Waals surface area contributed by atoms with Crippen molar-refractivity contribution < 1.29 is 14.3 Å². The summed E-state index contributed by atoms with van der Waals surface area (Å²) in [4.78, 5) is 14.2. The van der Waals surface area contributed by atoms with E-state index in [4.69, 9.17) is 27.0 Å². The van der Waals surface area contributed by atoms with Crippen molar-refractivity contribution in [2.45, 2.75) is 6.61 Å². The van der Waals surface area contributed by atoms with E-state index in [1.54, 1.807) is 38.4 Å². The summed E-state index contributed by atoms with van der Waals surface area (Å²) < 4.78 is 11.8. The Balaban J connectivity index is 1.80. The number of carbonyl (C=O) groups excluding carboxylic acids is 1. The molecule has 0 N–H and O–H groups in total. The van der Waals surface area contributed by atoms with Gasteiger partial charge in [-0.2, -0.15) is 5.26 Å². The van der Waals surface area contributed by atoms with Crippen molar-refractivity contribution in [2.24, 2.45) is 0 Å². The summed E-state index contributed by atoms with van der Waals surface area (Å²) >= 11 is 6.41. The minimum Gasteiger partial charge on any atom is -0.493 e. The van der Waals surface area contributed by atoms with Gasteiger partial charge in [0.05, 0.1) is 23.6 Å². The Kier molecular flexibility index (Phi) is 5.79. The molecule has 0 bridgehead atoms. The summed E-state index contributed by atoms with van der Waals surface area (Å²) in [6.07, 6.45) is 1.78. The average molecular weight is 396 g/mol. The molecule has 0 radical (unpaired) electrons. The highest BCUT2D eigenvalue weighted by Gasteiger charge is 2.28. The molecule has 27 heavy (non-hydrogen) atoms. The Morgan fingerprint density at radius 1 is 1.26 bits per heavy atom. The van der Waals surface area contributed by atoms with Crippen LogP contribution in [0.5, 0.6) is 11.5 Å². The lowest BCUT2D eigenvalue weighted by molar-refractivity contribution is -0.121. The van der Waals surface area contributed by atoms with Crippen molar-refractivity contribution in [3.8, 4) is 17.6 Å². The molecule has 0 aromatic heterocycles. The van der Waals surface area contributed by atoms with Crippen LogP contribution in [0.1, 0.15) is 16.7 Å². The summed E-state index contributed by atoms with van der Waals surface area (Å²) in [6.45, 7) is 0.258. The number of likely N-dealkylation sites (N-methyl/N-ethyl adjacent to an activating group) is 1. The molecule has 1 aliphatic rings. The van der Waals surface area contributed by atoms with Crippen molar-refractivity contribution in [3.63, 3.8) is 0 Å². The average Bonchev–Trinajstić information content (AvgIpc) is 2.93. The fourth-order valence-electron chi connectivity index (χ4n) is 2.50. The van der Waals surface area contributed by atoms with Gasteiger partial charge in [-0.3, -0.25) is 9.69 Å². The highest BCUT2D eigenvalue weighted by atomic mass is 32.2. The molecule has 0 saturated carbocycles. The standard InChI is InChI=1S/C20H16N2O3S2/c1-22-19(23)18(27-20(22)26)10-13-7-8-16(17(9-13)24-2)25-12-15-6-4-3-5-14(15)11-21/h3-10H,12H2,1-2H3/b18-10+. The molecule has 3 rings (SSSR count). The maximum atomic E-state index is 12.1. The molecular weight excluding hydrogens is 380 g/mol. The van der Waals surface area contributed by atoms with Gasteiger partial charge in [-0.25, -0.2) is 0 Å². The zero-order valence-corrected chi connectivity index (χ0v) is 16.4. The van der Waals surface area contributed by atoms with Crippen LogP contribution < -0.4 is 9.47 Å². The smallest absolute Gasteiger partial charge is 0.265 e. The molecule has 2 aromatic rings. The minimum atomic E-state index is -0.114. The Bertz CT molecular complexity index is 979. The first-order chi connectivity index (χ1) is 13.0. The van der Waals surface area contributed by atoms with E-state index in [-0.39, 0.29) is 12.5 Å². The molecule has 2 aromatic carbocycles. The van der Waals surface area contributed by atoms with Gasteiger partial charge in [-0.05, 0) is 29.8 Å². The van der Waals surface area contributed by atoms with Gasteiger partial charge in [0.2, 0.25) is 0 Å². The highest BCUT2D eigenvalue weighted by Crippen LogP contribution is 2.34. The van der Waals surface area contributed by atoms with Gasteiger partial charge in [0.15, 0.2) is 11.5 Å². The number of amides is 1. The van der Waals surface area contributed by atoms with Crippen LogP contribution in [-0.4, -0.2) is 29.3 Å². The highest BCUT2D eigenvalue weighted by molar-refractivity contribution is 8.26. The molecule has 5 nitrogen and oxygen atoms in total. The lowest BCUT2D eigenvalue weighted by Crippen LogP contribution is -2.22. The van der Waals surface area contributed by atoms with E-state index in [9.17, 15) is 4.79 Å². The number of hydrogen-bond donors (Lipinski definition) is 0. The Hall–Kier alpha value is -2.82. The van der Waals surface area contributed by atoms with Crippen LogP contribution >= 0.6 is 24.0 Å². The van der Waals surface area contributed by atoms with Crippen molar-refractivity contribution in [1.29, 1.82) is 5.26 Å². The number of hydrogen-bond acceptors (Lipinski definition) is 6. The first kappa shape index (κ1) is 19.0. The fraction of sp³-hybridized carbons (Fsp3) is 0.150. The molecule has 1 amide bonds. The zero-order valence-electron chi connectivity index (χ0n) is 14.8. The summed E-state index contributed by atoms with van der Waals surface area (Å²) in [7, 11) is 3.22. The third-order valence-corrected chi connectivity index (χ3v) is 5.48. The molecular formula is C20H16N2O3S2. The van der Waals surface area contributed by atoms with E-state index in [2.05, 4.69) is 6.07 Å². The molecule has 0 spiro atoms. The number of nitrogens with zero attached hydrogens (tertiary/aromatic N) is 2. The third kappa shape index (κ3) is 4.13. The number of nitriles is 1. The number of benzene rings is 2. The zero-order chi connectivity index (χ0) is 19.4. The second-order valence-electron chi connectivity index (χ2n) is 5.71. The van der Waals surface area contributed by atoms with Crippen LogP contribution in [0.4, 0.5) is 0 Å². The molecule has 0 aliphatic carbocycles. The molecule has 1 fully saturated rings. The number of ether oxygens (including phenoxy) is 2. The van der Waals surface area contributed by atoms with E-state index in [1.807, 2.05) is 24.3 Å². The first-order valence-electron chi connectivity index (χ1n) is 8.04. The minimum absolute atomic E-state index is 0.114. The van der Waals surface area contributed by atoms with E-state index in [1.165, 1.54) is 16.7 Å². The number of carbonyl (C=O) groups is 1. The van der Waals surface area contributed by atoms with Crippen LogP contribution in [0.3, 0.4) is 0 Å². The molecule has 0 unspecified atom stereocenters.